The molecule has 1 aromatic carbocycles. The lowest BCUT2D eigenvalue weighted by molar-refractivity contribution is 0.252. The third-order valence-corrected chi connectivity index (χ3v) is 5.18. The van der Waals surface area contributed by atoms with Crippen LogP contribution in [0.25, 0.3) is 0 Å². The number of aliphatic hydroxyl groups is 1. The van der Waals surface area contributed by atoms with E-state index in [-0.39, 0.29) is 18.0 Å². The minimum absolute atomic E-state index is 0.125. The summed E-state index contributed by atoms with van der Waals surface area (Å²) in [5, 5.41) is 9.06. The summed E-state index contributed by atoms with van der Waals surface area (Å²) in [5.74, 6) is 0. The molecule has 0 heterocycles. The second-order valence-corrected chi connectivity index (χ2v) is 6.71. The number of sulfonamides is 1. The number of benzene rings is 1. The molecule has 0 saturated heterocycles. The van der Waals surface area contributed by atoms with E-state index in [1.54, 1.807) is 18.2 Å². The Hall–Kier alpha value is -0.950. The van der Waals surface area contributed by atoms with Gasteiger partial charge in [-0.05, 0) is 36.6 Å². The van der Waals surface area contributed by atoms with Crippen LogP contribution in [-0.2, 0) is 16.6 Å². The van der Waals surface area contributed by atoms with E-state index in [1.807, 2.05) is 13.8 Å². The van der Waals surface area contributed by atoms with E-state index >= 15 is 0 Å². The van der Waals surface area contributed by atoms with Gasteiger partial charge in [0, 0.05) is 19.6 Å². The molecule has 5 nitrogen and oxygen atoms in total. The molecule has 0 unspecified atom stereocenters. The molecule has 0 aliphatic carbocycles. The van der Waals surface area contributed by atoms with Crippen molar-refractivity contribution in [1.29, 1.82) is 0 Å². The minimum Gasteiger partial charge on any atom is -0.395 e. The monoisotopic (exact) mass is 300 g/mol. The van der Waals surface area contributed by atoms with Crippen LogP contribution in [0.5, 0.6) is 0 Å². The van der Waals surface area contributed by atoms with Crippen molar-refractivity contribution in [2.45, 2.75) is 38.1 Å². The standard InChI is InChI=1S/C14H24N2O3S/c1-3-4-7-16(8-9-17)20(18,19)14-6-5-13(11-15)12(2)10-14/h5-6,10,17H,3-4,7-9,11,15H2,1-2H3. The van der Waals surface area contributed by atoms with Gasteiger partial charge in [0.15, 0.2) is 0 Å². The highest BCUT2D eigenvalue weighted by Gasteiger charge is 2.23. The van der Waals surface area contributed by atoms with Crippen LogP contribution in [0.4, 0.5) is 0 Å². The van der Waals surface area contributed by atoms with Crippen LogP contribution in [0, 0.1) is 6.92 Å². The smallest absolute Gasteiger partial charge is 0.243 e. The maximum absolute atomic E-state index is 12.6. The van der Waals surface area contributed by atoms with Crippen molar-refractivity contribution in [2.75, 3.05) is 19.7 Å². The Morgan fingerprint density at radius 2 is 2.00 bits per heavy atom. The Morgan fingerprint density at radius 1 is 1.30 bits per heavy atom. The van der Waals surface area contributed by atoms with Gasteiger partial charge in [-0.1, -0.05) is 19.4 Å². The number of nitrogens with zero attached hydrogens (tertiary/aromatic N) is 1. The van der Waals surface area contributed by atoms with Gasteiger partial charge in [-0.25, -0.2) is 8.42 Å². The van der Waals surface area contributed by atoms with E-state index in [1.165, 1.54) is 4.31 Å². The molecule has 0 fully saturated rings. The maximum atomic E-state index is 12.6. The third-order valence-electron chi connectivity index (χ3n) is 3.28. The van der Waals surface area contributed by atoms with Gasteiger partial charge >= 0.3 is 0 Å². The minimum atomic E-state index is -3.55. The van der Waals surface area contributed by atoms with Crippen LogP contribution in [0.3, 0.4) is 0 Å². The van der Waals surface area contributed by atoms with Gasteiger partial charge in [-0.3, -0.25) is 0 Å². The number of rotatable bonds is 8. The molecular formula is C14H24N2O3S. The van der Waals surface area contributed by atoms with Crippen molar-refractivity contribution in [2.24, 2.45) is 5.73 Å². The van der Waals surface area contributed by atoms with Crippen LogP contribution in [-0.4, -0.2) is 37.5 Å². The van der Waals surface area contributed by atoms with Gasteiger partial charge in [0.25, 0.3) is 0 Å². The first-order valence-electron chi connectivity index (χ1n) is 6.88. The molecule has 0 aromatic heterocycles. The molecule has 0 aliphatic rings. The van der Waals surface area contributed by atoms with Crippen molar-refractivity contribution in [3.8, 4) is 0 Å². The first-order chi connectivity index (χ1) is 9.47. The summed E-state index contributed by atoms with van der Waals surface area (Å²) >= 11 is 0. The molecule has 3 N–H and O–H groups in total. The topological polar surface area (TPSA) is 83.6 Å². The van der Waals surface area contributed by atoms with Gasteiger partial charge in [0.2, 0.25) is 10.0 Å². The Kier molecular flexibility index (Phi) is 6.61. The summed E-state index contributed by atoms with van der Waals surface area (Å²) in [5.41, 5.74) is 7.39. The lowest BCUT2D eigenvalue weighted by atomic mass is 10.1. The Morgan fingerprint density at radius 3 is 2.50 bits per heavy atom. The molecule has 1 aromatic rings. The third kappa shape index (κ3) is 4.02. The van der Waals surface area contributed by atoms with Gasteiger partial charge in [-0.15, -0.1) is 0 Å². The fraction of sp³-hybridized carbons (Fsp3) is 0.571. The number of unbranched alkanes of at least 4 members (excludes halogenated alkanes) is 1. The van der Waals surface area contributed by atoms with Crippen LogP contribution < -0.4 is 5.73 Å². The highest BCUT2D eigenvalue weighted by molar-refractivity contribution is 7.89. The largest absolute Gasteiger partial charge is 0.395 e. The number of aliphatic hydroxyl groups excluding tert-OH is 1. The van der Waals surface area contributed by atoms with Crippen LogP contribution in [0.1, 0.15) is 30.9 Å². The molecule has 114 valence electrons. The summed E-state index contributed by atoms with van der Waals surface area (Å²) in [7, 11) is -3.55. The molecule has 0 radical (unpaired) electrons. The number of hydrogen-bond donors (Lipinski definition) is 2. The Labute approximate surface area is 121 Å². The van der Waals surface area contributed by atoms with Crippen molar-refractivity contribution in [1.82, 2.24) is 4.31 Å². The molecule has 0 amide bonds. The average Bonchev–Trinajstić information content (AvgIpc) is 2.43. The van der Waals surface area contributed by atoms with Crippen LogP contribution in [0.2, 0.25) is 0 Å². The lowest BCUT2D eigenvalue weighted by Gasteiger charge is -2.21. The van der Waals surface area contributed by atoms with Crippen molar-refractivity contribution in [3.63, 3.8) is 0 Å². The predicted octanol–water partition coefficient (Wildman–Crippen LogP) is 1.24. The first kappa shape index (κ1) is 17.1. The summed E-state index contributed by atoms with van der Waals surface area (Å²) in [6.45, 7) is 4.62. The van der Waals surface area contributed by atoms with E-state index in [9.17, 15) is 8.42 Å². The van der Waals surface area contributed by atoms with Crippen molar-refractivity contribution in [3.05, 3.63) is 29.3 Å². The highest BCUT2D eigenvalue weighted by Crippen LogP contribution is 2.19. The summed E-state index contributed by atoms with van der Waals surface area (Å²) < 4.78 is 26.5. The fourth-order valence-corrected chi connectivity index (χ4v) is 3.56. The molecule has 0 atom stereocenters. The molecule has 1 rings (SSSR count). The first-order valence-corrected chi connectivity index (χ1v) is 8.32. The van der Waals surface area contributed by atoms with E-state index in [0.29, 0.717) is 13.1 Å². The molecule has 0 saturated carbocycles. The summed E-state index contributed by atoms with van der Waals surface area (Å²) in [4.78, 5) is 0.261. The summed E-state index contributed by atoms with van der Waals surface area (Å²) in [6.07, 6.45) is 1.68. The molecule has 0 aliphatic heterocycles. The lowest BCUT2D eigenvalue weighted by Crippen LogP contribution is -2.34. The van der Waals surface area contributed by atoms with E-state index in [0.717, 1.165) is 24.0 Å². The molecule has 20 heavy (non-hydrogen) atoms. The average molecular weight is 300 g/mol. The zero-order valence-electron chi connectivity index (χ0n) is 12.2. The van der Waals surface area contributed by atoms with Crippen LogP contribution >= 0.6 is 0 Å². The quantitative estimate of drug-likeness (QED) is 0.756. The number of aryl methyl sites for hydroxylation is 1. The molecule has 6 heteroatoms. The van der Waals surface area contributed by atoms with E-state index < -0.39 is 10.0 Å². The van der Waals surface area contributed by atoms with E-state index in [2.05, 4.69) is 0 Å². The number of nitrogens with two attached hydrogens (primary N) is 1. The van der Waals surface area contributed by atoms with Crippen molar-refractivity contribution >= 4 is 10.0 Å². The highest BCUT2D eigenvalue weighted by atomic mass is 32.2. The van der Waals surface area contributed by atoms with Gasteiger partial charge in [0.05, 0.1) is 11.5 Å². The predicted molar refractivity (Wildman–Crippen MR) is 79.8 cm³/mol. The van der Waals surface area contributed by atoms with Crippen LogP contribution in [0.15, 0.2) is 23.1 Å². The second-order valence-electron chi connectivity index (χ2n) is 4.77. The van der Waals surface area contributed by atoms with Gasteiger partial charge in [0.1, 0.15) is 0 Å². The van der Waals surface area contributed by atoms with Gasteiger partial charge < -0.3 is 10.8 Å². The molecule has 0 bridgehead atoms. The zero-order chi connectivity index (χ0) is 15.2. The zero-order valence-corrected chi connectivity index (χ0v) is 13.0. The molecular weight excluding hydrogens is 276 g/mol. The molecule has 0 spiro atoms. The maximum Gasteiger partial charge on any atom is 0.243 e. The number of hydrogen-bond acceptors (Lipinski definition) is 4. The SMILES string of the molecule is CCCCN(CCO)S(=O)(=O)c1ccc(CN)c(C)c1. The fourth-order valence-electron chi connectivity index (χ4n) is 2.01. The Bertz CT molecular complexity index is 529. The second kappa shape index (κ2) is 7.73. The van der Waals surface area contributed by atoms with Gasteiger partial charge in [-0.2, -0.15) is 4.31 Å². The van der Waals surface area contributed by atoms with E-state index in [4.69, 9.17) is 10.8 Å². The van der Waals surface area contributed by atoms with Crippen molar-refractivity contribution < 1.29 is 13.5 Å². The normalized spacial score (nSPS) is 12.1. The summed E-state index contributed by atoms with van der Waals surface area (Å²) in [6, 6.07) is 4.98. The Balaban J connectivity index is 3.08.